The average Bonchev–Trinajstić information content (AvgIpc) is 2.79. The van der Waals surface area contributed by atoms with Crippen molar-refractivity contribution in [3.8, 4) is 5.69 Å². The zero-order chi connectivity index (χ0) is 11.2. The summed E-state index contributed by atoms with van der Waals surface area (Å²) in [5, 5.41) is 23.1. The fourth-order valence-corrected chi connectivity index (χ4v) is 1.32. The molecule has 0 unspecified atom stereocenters. The van der Waals surface area contributed by atoms with Gasteiger partial charge in [0.05, 0.1) is 5.69 Å². The van der Waals surface area contributed by atoms with E-state index in [1.54, 1.807) is 4.68 Å². The highest BCUT2D eigenvalue weighted by Gasteiger charge is 2.05. The van der Waals surface area contributed by atoms with Crippen LogP contribution in [0.25, 0.3) is 5.69 Å². The molecule has 0 atom stereocenters. The molecule has 0 saturated heterocycles. The predicted molar refractivity (Wildman–Crippen MR) is 59.3 cm³/mol. The van der Waals surface area contributed by atoms with Gasteiger partial charge in [0.25, 0.3) is 0 Å². The lowest BCUT2D eigenvalue weighted by atomic mass is 10.3. The van der Waals surface area contributed by atoms with Crippen LogP contribution < -0.4 is 5.32 Å². The van der Waals surface area contributed by atoms with Gasteiger partial charge in [-0.1, -0.05) is 23.3 Å². The fourth-order valence-electron chi connectivity index (χ4n) is 1.32. The van der Waals surface area contributed by atoms with Crippen molar-refractivity contribution in [2.45, 2.75) is 6.42 Å². The number of tetrazole rings is 1. The maximum Gasteiger partial charge on any atom is 0.247 e. The summed E-state index contributed by atoms with van der Waals surface area (Å²) in [6.45, 7) is 0.795. The molecule has 0 bridgehead atoms. The fraction of sp³-hybridized carbons (Fsp3) is 0.300. The quantitative estimate of drug-likeness (QED) is 0.714. The van der Waals surface area contributed by atoms with E-state index in [9.17, 15) is 0 Å². The molecule has 1 heterocycles. The van der Waals surface area contributed by atoms with Crippen molar-refractivity contribution in [2.75, 3.05) is 18.5 Å². The number of aromatic nitrogens is 4. The minimum Gasteiger partial charge on any atom is -0.396 e. The van der Waals surface area contributed by atoms with Crippen LogP contribution >= 0.6 is 0 Å². The molecule has 0 fully saturated rings. The minimum atomic E-state index is 0.153. The van der Waals surface area contributed by atoms with E-state index in [0.717, 1.165) is 5.69 Å². The maximum atomic E-state index is 8.68. The van der Waals surface area contributed by atoms with E-state index in [4.69, 9.17) is 5.11 Å². The third kappa shape index (κ3) is 2.34. The first-order chi connectivity index (χ1) is 7.92. The van der Waals surface area contributed by atoms with E-state index in [0.29, 0.717) is 18.9 Å². The highest BCUT2D eigenvalue weighted by molar-refractivity contribution is 5.38. The Morgan fingerprint density at radius 3 is 2.81 bits per heavy atom. The Labute approximate surface area is 92.9 Å². The van der Waals surface area contributed by atoms with Gasteiger partial charge in [-0.15, -0.1) is 0 Å². The third-order valence-electron chi connectivity index (χ3n) is 2.09. The summed E-state index contributed by atoms with van der Waals surface area (Å²) in [5.74, 6) is 0.583. The van der Waals surface area contributed by atoms with Gasteiger partial charge in [0.2, 0.25) is 5.95 Å². The van der Waals surface area contributed by atoms with Gasteiger partial charge in [0.15, 0.2) is 0 Å². The molecule has 84 valence electrons. The van der Waals surface area contributed by atoms with Crippen LogP contribution in [0.5, 0.6) is 0 Å². The molecule has 0 aliphatic carbocycles. The molecule has 6 nitrogen and oxygen atoms in total. The summed E-state index contributed by atoms with van der Waals surface area (Å²) in [5.41, 5.74) is 0.902. The van der Waals surface area contributed by atoms with E-state index >= 15 is 0 Å². The second-order valence-corrected chi connectivity index (χ2v) is 3.25. The van der Waals surface area contributed by atoms with Crippen molar-refractivity contribution in [3.63, 3.8) is 0 Å². The Balaban J connectivity index is 2.13. The first kappa shape index (κ1) is 10.6. The van der Waals surface area contributed by atoms with Crippen LogP contribution in [0.1, 0.15) is 6.42 Å². The molecular weight excluding hydrogens is 206 g/mol. The molecule has 0 spiro atoms. The van der Waals surface area contributed by atoms with Crippen LogP contribution in [0.2, 0.25) is 0 Å². The standard InChI is InChI=1S/C10H13N5O/c16-8-4-7-11-10-12-13-14-15(10)9-5-2-1-3-6-9/h1-3,5-6,16H,4,7-8H2,(H,11,12,14). The first-order valence-electron chi connectivity index (χ1n) is 5.10. The second kappa shape index (κ2) is 5.22. The van der Waals surface area contributed by atoms with Gasteiger partial charge < -0.3 is 10.4 Å². The van der Waals surface area contributed by atoms with E-state index in [1.165, 1.54) is 0 Å². The Bertz CT molecular complexity index is 428. The number of benzene rings is 1. The van der Waals surface area contributed by atoms with E-state index in [2.05, 4.69) is 20.8 Å². The summed E-state index contributed by atoms with van der Waals surface area (Å²) >= 11 is 0. The van der Waals surface area contributed by atoms with E-state index in [1.807, 2.05) is 30.3 Å². The third-order valence-corrected chi connectivity index (χ3v) is 2.09. The zero-order valence-electron chi connectivity index (χ0n) is 8.74. The van der Waals surface area contributed by atoms with Crippen molar-refractivity contribution in [2.24, 2.45) is 0 Å². The van der Waals surface area contributed by atoms with Gasteiger partial charge in [-0.05, 0) is 29.0 Å². The lowest BCUT2D eigenvalue weighted by molar-refractivity contribution is 0.292. The van der Waals surface area contributed by atoms with Crippen LogP contribution in [-0.4, -0.2) is 38.5 Å². The molecule has 0 amide bonds. The minimum absolute atomic E-state index is 0.153. The van der Waals surface area contributed by atoms with Gasteiger partial charge >= 0.3 is 0 Å². The molecule has 2 rings (SSSR count). The molecule has 2 aromatic rings. The monoisotopic (exact) mass is 219 g/mol. The Hall–Kier alpha value is -1.95. The van der Waals surface area contributed by atoms with Gasteiger partial charge in [-0.3, -0.25) is 0 Å². The molecule has 1 aromatic carbocycles. The highest BCUT2D eigenvalue weighted by Crippen LogP contribution is 2.09. The van der Waals surface area contributed by atoms with Crippen molar-refractivity contribution in [1.82, 2.24) is 20.2 Å². The Kier molecular flexibility index (Phi) is 3.45. The predicted octanol–water partition coefficient (Wildman–Crippen LogP) is 0.457. The molecule has 0 saturated carbocycles. The van der Waals surface area contributed by atoms with Crippen molar-refractivity contribution >= 4 is 5.95 Å². The SMILES string of the molecule is OCCCNc1nnnn1-c1ccccc1. The lowest BCUT2D eigenvalue weighted by Gasteiger charge is -2.05. The van der Waals surface area contributed by atoms with Crippen LogP contribution in [-0.2, 0) is 0 Å². The summed E-state index contributed by atoms with van der Waals surface area (Å²) < 4.78 is 1.62. The van der Waals surface area contributed by atoms with Gasteiger partial charge in [-0.25, -0.2) is 0 Å². The van der Waals surface area contributed by atoms with E-state index < -0.39 is 0 Å². The lowest BCUT2D eigenvalue weighted by Crippen LogP contribution is -2.09. The molecule has 2 N–H and O–H groups in total. The summed E-state index contributed by atoms with van der Waals surface area (Å²) in [4.78, 5) is 0. The Morgan fingerprint density at radius 2 is 2.06 bits per heavy atom. The molecule has 0 aliphatic heterocycles. The van der Waals surface area contributed by atoms with Crippen molar-refractivity contribution < 1.29 is 5.11 Å². The second-order valence-electron chi connectivity index (χ2n) is 3.25. The van der Waals surface area contributed by atoms with Crippen LogP contribution in [0, 0.1) is 0 Å². The first-order valence-corrected chi connectivity index (χ1v) is 5.10. The van der Waals surface area contributed by atoms with Crippen LogP contribution in [0.3, 0.4) is 0 Å². The van der Waals surface area contributed by atoms with Gasteiger partial charge in [-0.2, -0.15) is 4.68 Å². The number of rotatable bonds is 5. The van der Waals surface area contributed by atoms with Crippen LogP contribution in [0.15, 0.2) is 30.3 Å². The number of hydrogen-bond acceptors (Lipinski definition) is 5. The summed E-state index contributed by atoms with van der Waals surface area (Å²) in [6.07, 6.45) is 0.668. The van der Waals surface area contributed by atoms with Crippen molar-refractivity contribution in [3.05, 3.63) is 30.3 Å². The number of nitrogens with zero attached hydrogens (tertiary/aromatic N) is 4. The number of para-hydroxylation sites is 1. The molecule has 16 heavy (non-hydrogen) atoms. The molecule has 1 aromatic heterocycles. The van der Waals surface area contributed by atoms with Gasteiger partial charge in [0.1, 0.15) is 0 Å². The molecule has 0 aliphatic rings. The number of aliphatic hydroxyl groups excluding tert-OH is 1. The highest BCUT2D eigenvalue weighted by atomic mass is 16.3. The Morgan fingerprint density at radius 1 is 1.25 bits per heavy atom. The number of nitrogens with one attached hydrogen (secondary N) is 1. The topological polar surface area (TPSA) is 75.9 Å². The van der Waals surface area contributed by atoms with Crippen molar-refractivity contribution in [1.29, 1.82) is 0 Å². The molecule has 6 heteroatoms. The van der Waals surface area contributed by atoms with E-state index in [-0.39, 0.29) is 6.61 Å². The normalized spacial score (nSPS) is 10.3. The number of aliphatic hydroxyl groups is 1. The maximum absolute atomic E-state index is 8.68. The van der Waals surface area contributed by atoms with Crippen LogP contribution in [0.4, 0.5) is 5.95 Å². The number of anilines is 1. The zero-order valence-corrected chi connectivity index (χ0v) is 8.74. The number of hydrogen-bond donors (Lipinski definition) is 2. The smallest absolute Gasteiger partial charge is 0.247 e. The molecule has 0 radical (unpaired) electrons. The summed E-state index contributed by atoms with van der Waals surface area (Å²) in [6, 6.07) is 9.64. The summed E-state index contributed by atoms with van der Waals surface area (Å²) in [7, 11) is 0. The molecular formula is C10H13N5O. The largest absolute Gasteiger partial charge is 0.396 e. The average molecular weight is 219 g/mol. The van der Waals surface area contributed by atoms with Gasteiger partial charge in [0, 0.05) is 13.2 Å².